The number of rotatable bonds is 5. The summed E-state index contributed by atoms with van der Waals surface area (Å²) in [7, 11) is 0. The summed E-state index contributed by atoms with van der Waals surface area (Å²) in [6.07, 6.45) is 16.4. The molecular weight excluding hydrogens is 450 g/mol. The van der Waals surface area contributed by atoms with Gasteiger partial charge in [0, 0.05) is 5.92 Å². The van der Waals surface area contributed by atoms with Crippen molar-refractivity contribution in [3.63, 3.8) is 0 Å². The van der Waals surface area contributed by atoms with Crippen LogP contribution in [0.1, 0.15) is 112 Å². The van der Waals surface area contributed by atoms with Gasteiger partial charge in [0.2, 0.25) is 0 Å². The van der Waals surface area contributed by atoms with Gasteiger partial charge in [-0.1, -0.05) is 78.5 Å². The Kier molecular flexibility index (Phi) is 6.19. The first-order valence-electron chi connectivity index (χ1n) is 15.0. The number of hydrogen-bond acceptors (Lipinski definition) is 4. The molecule has 5 fully saturated rings. The number of hydrogen-bond donors (Lipinski definition) is 1. The number of amidine groups is 1. The Hall–Kier alpha value is -0.550. The van der Waals surface area contributed by atoms with Gasteiger partial charge in [-0.15, -0.1) is 0 Å². The van der Waals surface area contributed by atoms with E-state index in [-0.39, 0.29) is 11.6 Å². The highest BCUT2D eigenvalue weighted by molar-refractivity contribution is 8.15. The lowest BCUT2D eigenvalue weighted by molar-refractivity contribution is -0.159. The molecule has 0 aromatic rings. The number of fused-ring (bicyclic) bond motifs is 7. The largest absolute Gasteiger partial charge is 0.272 e. The van der Waals surface area contributed by atoms with Crippen molar-refractivity contribution in [2.45, 2.75) is 117 Å². The number of nitrogens with one attached hydrogen (secondary N) is 1. The van der Waals surface area contributed by atoms with Gasteiger partial charge in [0.05, 0.1) is 5.75 Å². The number of thioether (sulfide) groups is 1. The lowest BCUT2D eigenvalue weighted by atomic mass is 9.42. The highest BCUT2D eigenvalue weighted by Gasteiger charge is 2.67. The molecule has 4 nitrogen and oxygen atoms in total. The monoisotopic (exact) mass is 499 g/mol. The molecule has 4 aliphatic carbocycles. The predicted molar refractivity (Wildman–Crippen MR) is 146 cm³/mol. The molecule has 6 rings (SSSR count). The normalized spacial score (nSPS) is 47.5. The van der Waals surface area contributed by atoms with Crippen LogP contribution in [0.5, 0.6) is 0 Å². The van der Waals surface area contributed by atoms with E-state index in [4.69, 9.17) is 4.99 Å². The number of aliphatic imine (C=N–C) groups is 1. The lowest BCUT2D eigenvalue weighted by Gasteiger charge is -2.64. The van der Waals surface area contributed by atoms with Crippen LogP contribution in [0.4, 0.5) is 0 Å². The number of carbonyl (C=O) groups excluding carboxylic acids is 1. The highest BCUT2D eigenvalue weighted by atomic mass is 32.2. The minimum atomic E-state index is -0.242. The molecule has 9 atom stereocenters. The minimum absolute atomic E-state index is 0.204. The highest BCUT2D eigenvalue weighted by Crippen LogP contribution is 2.70. The second kappa shape index (κ2) is 8.75. The maximum absolute atomic E-state index is 12.6. The molecule has 5 heteroatoms. The van der Waals surface area contributed by atoms with Gasteiger partial charge in [-0.25, -0.2) is 10.0 Å². The maximum Gasteiger partial charge on any atom is 0.253 e. The van der Waals surface area contributed by atoms with Crippen LogP contribution in [-0.2, 0) is 4.79 Å². The summed E-state index contributed by atoms with van der Waals surface area (Å²) >= 11 is 1.65. The number of carbonyl (C=O) groups is 1. The van der Waals surface area contributed by atoms with Crippen LogP contribution in [0.3, 0.4) is 0 Å². The molecule has 1 amide bonds. The van der Waals surface area contributed by atoms with Gasteiger partial charge in [-0.2, -0.15) is 5.43 Å². The van der Waals surface area contributed by atoms with E-state index in [9.17, 15) is 4.79 Å². The lowest BCUT2D eigenvalue weighted by Crippen LogP contribution is -2.66. The zero-order valence-electron chi connectivity index (χ0n) is 22.9. The van der Waals surface area contributed by atoms with Crippen molar-refractivity contribution < 1.29 is 4.79 Å². The van der Waals surface area contributed by atoms with Crippen LogP contribution in [0.15, 0.2) is 4.99 Å². The van der Waals surface area contributed by atoms with Crippen molar-refractivity contribution in [1.29, 1.82) is 0 Å². The molecule has 9 unspecified atom stereocenters. The Bertz CT molecular complexity index is 889. The van der Waals surface area contributed by atoms with E-state index in [2.05, 4.69) is 40.0 Å². The Labute approximate surface area is 218 Å². The first-order valence-corrected chi connectivity index (χ1v) is 16.0. The molecule has 2 heterocycles. The van der Waals surface area contributed by atoms with Crippen molar-refractivity contribution in [3.8, 4) is 0 Å². The quantitative estimate of drug-likeness (QED) is 0.433. The third-order valence-electron chi connectivity index (χ3n) is 12.2. The summed E-state index contributed by atoms with van der Waals surface area (Å²) in [5.41, 5.74) is 4.40. The topological polar surface area (TPSA) is 44.7 Å². The Morgan fingerprint density at radius 1 is 1.03 bits per heavy atom. The van der Waals surface area contributed by atoms with Crippen molar-refractivity contribution in [1.82, 2.24) is 10.4 Å². The molecular formula is C30H49N3OS. The first kappa shape index (κ1) is 24.8. The van der Waals surface area contributed by atoms with Gasteiger partial charge in [0.1, 0.15) is 5.66 Å². The SMILES string of the molecule is CC(C)CCCC(C)C1CCC2C3CC4(N=C5SCC(=O)N5N4)C4CCCCC4(C)C3CCC12C. The van der Waals surface area contributed by atoms with Gasteiger partial charge in [0.15, 0.2) is 5.17 Å². The van der Waals surface area contributed by atoms with Crippen molar-refractivity contribution in [2.75, 3.05) is 5.75 Å². The molecule has 0 aromatic carbocycles. The molecule has 4 saturated carbocycles. The molecule has 6 aliphatic rings. The van der Waals surface area contributed by atoms with Gasteiger partial charge >= 0.3 is 0 Å². The molecule has 1 saturated heterocycles. The standard InChI is InChI=1S/C30H49N3OS/c1-19(2)9-8-10-20(3)22-12-13-23-21-17-30(31-27-33(32-30)26(34)18-35-27)25-11-6-7-15-29(25,5)24(21)14-16-28(22,23)4/h19-25,32H,6-18H2,1-5H3. The zero-order chi connectivity index (χ0) is 24.6. The van der Waals surface area contributed by atoms with Crippen LogP contribution in [0, 0.1) is 52.3 Å². The van der Waals surface area contributed by atoms with Crippen LogP contribution in [-0.4, -0.2) is 27.5 Å². The van der Waals surface area contributed by atoms with E-state index in [1.54, 1.807) is 11.8 Å². The number of amides is 1. The molecule has 196 valence electrons. The number of nitrogens with zero attached hydrogens (tertiary/aromatic N) is 2. The van der Waals surface area contributed by atoms with E-state index in [0.717, 1.165) is 47.1 Å². The third-order valence-corrected chi connectivity index (χ3v) is 13.2. The van der Waals surface area contributed by atoms with Crippen LogP contribution in [0.2, 0.25) is 0 Å². The minimum Gasteiger partial charge on any atom is -0.272 e. The van der Waals surface area contributed by atoms with E-state index < -0.39 is 0 Å². The van der Waals surface area contributed by atoms with Gasteiger partial charge in [0.25, 0.3) is 5.91 Å². The predicted octanol–water partition coefficient (Wildman–Crippen LogP) is 7.25. The van der Waals surface area contributed by atoms with Crippen molar-refractivity contribution >= 4 is 22.8 Å². The van der Waals surface area contributed by atoms with E-state index in [0.29, 0.717) is 22.5 Å². The summed E-state index contributed by atoms with van der Waals surface area (Å²) in [5, 5.41) is 2.80. The summed E-state index contributed by atoms with van der Waals surface area (Å²) < 4.78 is 0. The smallest absolute Gasteiger partial charge is 0.253 e. The fourth-order valence-corrected chi connectivity index (χ4v) is 11.6. The fraction of sp³-hybridized carbons (Fsp3) is 0.933. The van der Waals surface area contributed by atoms with Gasteiger partial charge in [-0.3, -0.25) is 4.79 Å². The zero-order valence-corrected chi connectivity index (χ0v) is 23.8. The molecule has 1 spiro atoms. The van der Waals surface area contributed by atoms with Crippen LogP contribution >= 0.6 is 11.8 Å². The Morgan fingerprint density at radius 2 is 1.83 bits per heavy atom. The van der Waals surface area contributed by atoms with Gasteiger partial charge < -0.3 is 0 Å². The van der Waals surface area contributed by atoms with Crippen LogP contribution < -0.4 is 5.43 Å². The molecule has 0 aromatic heterocycles. The van der Waals surface area contributed by atoms with E-state index >= 15 is 0 Å². The molecule has 2 aliphatic heterocycles. The van der Waals surface area contributed by atoms with E-state index in [1.807, 2.05) is 5.01 Å². The van der Waals surface area contributed by atoms with Crippen molar-refractivity contribution in [2.24, 2.45) is 57.2 Å². The third kappa shape index (κ3) is 3.71. The molecule has 0 radical (unpaired) electrons. The molecule has 35 heavy (non-hydrogen) atoms. The van der Waals surface area contributed by atoms with Gasteiger partial charge in [-0.05, 0) is 91.3 Å². The maximum atomic E-state index is 12.6. The number of hydrazine groups is 1. The average Bonchev–Trinajstić information content (AvgIpc) is 3.45. The average molecular weight is 500 g/mol. The summed E-state index contributed by atoms with van der Waals surface area (Å²) in [4.78, 5) is 18.1. The fourth-order valence-electron chi connectivity index (χ4n) is 10.7. The second-order valence-electron chi connectivity index (χ2n) is 14.4. The molecule has 1 N–H and O–H groups in total. The molecule has 0 bridgehead atoms. The Morgan fingerprint density at radius 3 is 2.60 bits per heavy atom. The van der Waals surface area contributed by atoms with Crippen LogP contribution in [0.25, 0.3) is 0 Å². The summed E-state index contributed by atoms with van der Waals surface area (Å²) in [6, 6.07) is 0. The van der Waals surface area contributed by atoms with E-state index in [1.165, 1.54) is 70.6 Å². The second-order valence-corrected chi connectivity index (χ2v) is 15.3. The van der Waals surface area contributed by atoms with Crippen molar-refractivity contribution in [3.05, 3.63) is 0 Å². The first-order chi connectivity index (χ1) is 16.7. The Balaban J connectivity index is 1.29. The summed E-state index contributed by atoms with van der Waals surface area (Å²) in [6.45, 7) is 12.6. The summed E-state index contributed by atoms with van der Waals surface area (Å²) in [5.74, 6) is 6.29.